The molecule has 3 aromatic rings. The van der Waals surface area contributed by atoms with E-state index in [0.29, 0.717) is 0 Å². The number of anilines is 1. The number of fused-ring (bicyclic) bond motifs is 1. The monoisotopic (exact) mass is 591 g/mol. The normalized spacial score (nSPS) is 18.2. The number of hydrogen-bond acceptors (Lipinski definition) is 13. The smallest absolute Gasteiger partial charge is 0.444 e. The number of rotatable bonds is 13. The Hall–Kier alpha value is -2.11. The number of phosphoric acid groups is 3. The first kappa shape index (κ1) is 29.4. The van der Waals surface area contributed by atoms with E-state index in [2.05, 4.69) is 28.1 Å². The fourth-order valence-corrected chi connectivity index (χ4v) is 6.02. The Kier molecular flexibility index (Phi) is 9.01. The van der Waals surface area contributed by atoms with E-state index in [0.717, 1.165) is 13.3 Å². The van der Waals surface area contributed by atoms with Crippen LogP contribution in [0.3, 0.4) is 0 Å². The molecule has 0 amide bonds. The summed E-state index contributed by atoms with van der Waals surface area (Å²) in [5.41, 5.74) is 6.31. The molecule has 0 spiro atoms. The number of hydrogen-bond donors (Lipinski definition) is 6. The maximum atomic E-state index is 14.1. The molecule has 5 atom stereocenters. The van der Waals surface area contributed by atoms with Gasteiger partial charge in [0.05, 0.1) is 29.9 Å². The van der Waals surface area contributed by atoms with Crippen molar-refractivity contribution in [2.24, 2.45) is 0 Å². The van der Waals surface area contributed by atoms with E-state index in [1.54, 1.807) is 0 Å². The van der Waals surface area contributed by atoms with Crippen LogP contribution in [0.1, 0.15) is 13.2 Å². The molecule has 0 saturated heterocycles. The Morgan fingerprint density at radius 1 is 1.14 bits per heavy atom. The first-order valence-corrected chi connectivity index (χ1v) is 14.3. The number of aliphatic hydroxyl groups excluding tert-OH is 1. The molecule has 18 nitrogen and oxygen atoms in total. The second-order valence-corrected chi connectivity index (χ2v) is 11.6. The first-order valence-electron chi connectivity index (χ1n) is 9.81. The molecule has 3 heterocycles. The van der Waals surface area contributed by atoms with Crippen LogP contribution >= 0.6 is 23.5 Å². The van der Waals surface area contributed by atoms with Gasteiger partial charge in [-0.15, -0.1) is 0 Å². The first-order chi connectivity index (χ1) is 17.1. The molecule has 3 rings (SSSR count). The summed E-state index contributed by atoms with van der Waals surface area (Å²) >= 11 is 0. The molecule has 37 heavy (non-hydrogen) atoms. The van der Waals surface area contributed by atoms with Gasteiger partial charge in [0.15, 0.2) is 6.23 Å². The van der Waals surface area contributed by atoms with Crippen LogP contribution in [0.2, 0.25) is 0 Å². The van der Waals surface area contributed by atoms with Crippen molar-refractivity contribution in [1.82, 2.24) is 19.5 Å². The number of alkyl halides is 1. The molecular formula is C15H21FN5O13P3. The summed E-state index contributed by atoms with van der Waals surface area (Å²) in [6.07, 6.45) is 0.505. The minimum Gasteiger partial charge on any atom is -0.444 e. The Morgan fingerprint density at radius 3 is 2.41 bits per heavy atom. The molecule has 0 aliphatic heterocycles. The molecule has 7 N–H and O–H groups in total. The lowest BCUT2D eigenvalue weighted by Crippen LogP contribution is -2.34. The predicted octanol–water partition coefficient (Wildman–Crippen LogP) is 1.25. The van der Waals surface area contributed by atoms with E-state index in [1.165, 1.54) is 23.2 Å². The lowest BCUT2D eigenvalue weighted by molar-refractivity contribution is -0.121. The fraction of sp³-hybridized carbons (Fsp3) is 0.400. The van der Waals surface area contributed by atoms with Crippen LogP contribution in [-0.4, -0.2) is 69.7 Å². The Balaban J connectivity index is 1.83. The van der Waals surface area contributed by atoms with Crippen molar-refractivity contribution < 1.29 is 65.1 Å². The number of nitrogens with two attached hydrogens (primary N) is 1. The molecule has 206 valence electrons. The van der Waals surface area contributed by atoms with Gasteiger partial charge in [0, 0.05) is 6.20 Å². The van der Waals surface area contributed by atoms with Crippen molar-refractivity contribution in [2.75, 3.05) is 19.0 Å². The van der Waals surface area contributed by atoms with Gasteiger partial charge in [-0.1, -0.05) is 0 Å². The van der Waals surface area contributed by atoms with E-state index in [-0.39, 0.29) is 28.3 Å². The number of phosphoric ester groups is 1. The molecule has 0 saturated carbocycles. The van der Waals surface area contributed by atoms with Gasteiger partial charge < -0.3 is 44.1 Å². The number of oxazole rings is 1. The summed E-state index contributed by atoms with van der Waals surface area (Å²) < 4.78 is 72.0. The van der Waals surface area contributed by atoms with E-state index < -0.39 is 55.2 Å². The highest BCUT2D eigenvalue weighted by Gasteiger charge is 2.41. The fourth-order valence-electron chi connectivity index (χ4n) is 2.99. The third kappa shape index (κ3) is 7.70. The molecular weight excluding hydrogens is 570 g/mol. The molecule has 0 aromatic carbocycles. The average Bonchev–Trinajstić information content (AvgIpc) is 3.39. The number of halogens is 1. The summed E-state index contributed by atoms with van der Waals surface area (Å²) in [5, 5.41) is 10.3. The van der Waals surface area contributed by atoms with Crippen LogP contribution < -0.4 is 5.73 Å². The lowest BCUT2D eigenvalue weighted by Gasteiger charge is -2.27. The largest absolute Gasteiger partial charge is 0.490 e. The third-order valence-electron chi connectivity index (χ3n) is 4.43. The van der Waals surface area contributed by atoms with Crippen molar-refractivity contribution in [3.8, 4) is 11.5 Å². The zero-order valence-corrected chi connectivity index (χ0v) is 21.2. The number of aliphatic hydroxyl groups is 1. The van der Waals surface area contributed by atoms with E-state index in [1.807, 2.05) is 0 Å². The van der Waals surface area contributed by atoms with Gasteiger partial charge in [-0.05, 0) is 6.92 Å². The average molecular weight is 591 g/mol. The zero-order valence-electron chi connectivity index (χ0n) is 18.5. The topological polar surface area (TPSA) is 272 Å². The minimum atomic E-state index is -5.76. The molecule has 3 unspecified atom stereocenters. The van der Waals surface area contributed by atoms with E-state index in [4.69, 9.17) is 24.7 Å². The van der Waals surface area contributed by atoms with Gasteiger partial charge in [-0.2, -0.15) is 8.62 Å². The molecule has 3 aromatic heterocycles. The highest BCUT2D eigenvalue weighted by molar-refractivity contribution is 7.66. The SMILES string of the molecule is C[C@H](O)C(COP(=O)(O)OP(=O)(O)OP(=O)(O)O)O[C@H](CF)n1cc(-c2ncco2)c2c(N)ncnc21. The van der Waals surface area contributed by atoms with Crippen molar-refractivity contribution in [3.05, 3.63) is 25.0 Å². The number of aromatic nitrogens is 4. The zero-order chi connectivity index (χ0) is 27.6. The van der Waals surface area contributed by atoms with Crippen LogP contribution in [0.5, 0.6) is 0 Å². The van der Waals surface area contributed by atoms with Gasteiger partial charge in [0.25, 0.3) is 0 Å². The van der Waals surface area contributed by atoms with Crippen molar-refractivity contribution in [3.63, 3.8) is 0 Å². The number of ether oxygens (including phenoxy) is 1. The molecule has 0 aliphatic rings. The number of nitrogens with zero attached hydrogens (tertiary/aromatic N) is 4. The standard InChI is InChI=1S/C15H21FN5O13P3/c1-8(22)10(6-31-36(26,27)34-37(28,29)33-35(23,24)25)32-11(4-16)21-5-9(15-18-2-3-30-15)12-13(17)19-7-20-14(12)21/h2-3,5,7-8,10-11,22H,4,6H2,1H3,(H,26,27)(H,28,29)(H2,17,19,20)(H2,23,24,25)/t8-,10?,11+/m0/s1. The van der Waals surface area contributed by atoms with Gasteiger partial charge in [-0.3, -0.25) is 4.52 Å². The second-order valence-electron chi connectivity index (χ2n) is 7.16. The molecule has 22 heteroatoms. The van der Waals surface area contributed by atoms with E-state index in [9.17, 15) is 33.0 Å². The quantitative estimate of drug-likeness (QED) is 0.153. The Morgan fingerprint density at radius 2 is 1.84 bits per heavy atom. The lowest BCUT2D eigenvalue weighted by atomic mass is 10.2. The molecule has 0 radical (unpaired) electrons. The van der Waals surface area contributed by atoms with E-state index >= 15 is 0 Å². The second kappa shape index (κ2) is 11.3. The number of nitrogen functional groups attached to an aromatic ring is 1. The van der Waals surface area contributed by atoms with Gasteiger partial charge in [-0.25, -0.2) is 33.0 Å². The van der Waals surface area contributed by atoms with Crippen LogP contribution in [0.15, 0.2) is 29.4 Å². The Labute approximate surface area is 206 Å². The summed E-state index contributed by atoms with van der Waals surface area (Å²) in [4.78, 5) is 48.0. The van der Waals surface area contributed by atoms with Gasteiger partial charge in [0.2, 0.25) is 5.89 Å². The summed E-state index contributed by atoms with van der Waals surface area (Å²) in [7, 11) is -16.9. The summed E-state index contributed by atoms with van der Waals surface area (Å²) in [6, 6.07) is 0. The maximum Gasteiger partial charge on any atom is 0.490 e. The summed E-state index contributed by atoms with van der Waals surface area (Å²) in [5.74, 6) is 0.108. The molecule has 0 bridgehead atoms. The van der Waals surface area contributed by atoms with Crippen LogP contribution in [0.4, 0.5) is 10.2 Å². The van der Waals surface area contributed by atoms with Crippen LogP contribution in [0, 0.1) is 0 Å². The Bertz CT molecular complexity index is 1360. The van der Waals surface area contributed by atoms with Crippen molar-refractivity contribution in [2.45, 2.75) is 25.4 Å². The minimum absolute atomic E-state index is 0.00861. The van der Waals surface area contributed by atoms with Crippen LogP contribution in [0.25, 0.3) is 22.5 Å². The summed E-state index contributed by atoms with van der Waals surface area (Å²) in [6.45, 7) is -1.09. The van der Waals surface area contributed by atoms with Crippen molar-refractivity contribution in [1.29, 1.82) is 0 Å². The predicted molar refractivity (Wildman–Crippen MR) is 119 cm³/mol. The molecule has 0 fully saturated rings. The highest BCUT2D eigenvalue weighted by Crippen LogP contribution is 2.66. The highest BCUT2D eigenvalue weighted by atomic mass is 31.3. The van der Waals surface area contributed by atoms with Crippen LogP contribution in [-0.2, 0) is 31.6 Å². The third-order valence-corrected chi connectivity index (χ3v) is 8.23. The van der Waals surface area contributed by atoms with Crippen molar-refractivity contribution >= 4 is 40.3 Å². The van der Waals surface area contributed by atoms with Gasteiger partial charge >= 0.3 is 23.5 Å². The molecule has 0 aliphatic carbocycles. The van der Waals surface area contributed by atoms with Gasteiger partial charge in [0.1, 0.15) is 36.8 Å². The maximum absolute atomic E-state index is 14.1.